The lowest BCUT2D eigenvalue weighted by atomic mass is 10.1. The van der Waals surface area contributed by atoms with E-state index in [9.17, 15) is 0 Å². The van der Waals surface area contributed by atoms with Crippen molar-refractivity contribution >= 4 is 5.96 Å². The molecule has 1 aliphatic rings. The maximum Gasteiger partial charge on any atom is 0.191 e. The topological polar surface area (TPSA) is 39.7 Å². The Morgan fingerprint density at radius 1 is 1.23 bits per heavy atom. The van der Waals surface area contributed by atoms with Gasteiger partial charge >= 0.3 is 0 Å². The molecule has 0 saturated heterocycles. The number of benzene rings is 1. The highest BCUT2D eigenvalue weighted by Crippen LogP contribution is 2.28. The molecule has 4 nitrogen and oxygen atoms in total. The summed E-state index contributed by atoms with van der Waals surface area (Å²) in [6, 6.07) is 9.27. The Morgan fingerprint density at radius 2 is 1.86 bits per heavy atom. The van der Waals surface area contributed by atoms with Crippen molar-refractivity contribution < 1.29 is 0 Å². The summed E-state index contributed by atoms with van der Waals surface area (Å²) in [6.45, 7) is 10.7. The third kappa shape index (κ3) is 4.73. The van der Waals surface area contributed by atoms with Crippen LogP contribution in [-0.4, -0.2) is 37.0 Å². The Bertz CT molecular complexity index is 494. The molecule has 122 valence electrons. The lowest BCUT2D eigenvalue weighted by Crippen LogP contribution is -2.38. The van der Waals surface area contributed by atoms with Crippen molar-refractivity contribution in [3.05, 3.63) is 35.4 Å². The number of nitrogens with one attached hydrogen (secondary N) is 2. The zero-order valence-corrected chi connectivity index (χ0v) is 14.4. The molecule has 0 aliphatic heterocycles. The molecule has 4 heteroatoms. The van der Waals surface area contributed by atoms with Crippen molar-refractivity contribution in [3.63, 3.8) is 0 Å². The molecule has 1 aromatic rings. The van der Waals surface area contributed by atoms with Gasteiger partial charge in [0.2, 0.25) is 0 Å². The van der Waals surface area contributed by atoms with Crippen molar-refractivity contribution in [2.75, 3.05) is 20.1 Å². The average Bonchev–Trinajstić information content (AvgIpc) is 3.24. The fourth-order valence-electron chi connectivity index (χ4n) is 2.64. The standard InChI is InChI=1S/C18H30N4/c1-5-22(6-2)13-16-10-8-7-9-15(16)12-20-18(19-4)21-17-11-14(17)3/h7-10,14,17H,5-6,11-13H2,1-4H3,(H2,19,20,21). The van der Waals surface area contributed by atoms with Gasteiger partial charge in [0.1, 0.15) is 0 Å². The summed E-state index contributed by atoms with van der Waals surface area (Å²) in [4.78, 5) is 6.77. The van der Waals surface area contributed by atoms with Gasteiger partial charge in [-0.15, -0.1) is 0 Å². The van der Waals surface area contributed by atoms with Crippen LogP contribution in [0.15, 0.2) is 29.3 Å². The molecule has 2 rings (SSSR count). The van der Waals surface area contributed by atoms with E-state index in [4.69, 9.17) is 0 Å². The van der Waals surface area contributed by atoms with Gasteiger partial charge < -0.3 is 10.6 Å². The van der Waals surface area contributed by atoms with Crippen molar-refractivity contribution in [2.24, 2.45) is 10.9 Å². The molecule has 2 atom stereocenters. The third-order valence-corrected chi connectivity index (χ3v) is 4.51. The Kier molecular flexibility index (Phi) is 6.25. The molecule has 1 aliphatic carbocycles. The molecule has 0 spiro atoms. The lowest BCUT2D eigenvalue weighted by Gasteiger charge is -2.20. The van der Waals surface area contributed by atoms with Crippen LogP contribution in [0.3, 0.4) is 0 Å². The molecule has 0 amide bonds. The van der Waals surface area contributed by atoms with Crippen molar-refractivity contribution in [2.45, 2.75) is 46.3 Å². The average molecular weight is 302 g/mol. The Labute approximate surface area is 135 Å². The highest BCUT2D eigenvalue weighted by Gasteiger charge is 2.33. The molecular weight excluding hydrogens is 272 g/mol. The molecule has 1 saturated carbocycles. The van der Waals surface area contributed by atoms with E-state index in [0.717, 1.165) is 38.1 Å². The second-order valence-corrected chi connectivity index (χ2v) is 6.12. The number of nitrogens with zero attached hydrogens (tertiary/aromatic N) is 2. The fraction of sp³-hybridized carbons (Fsp3) is 0.611. The number of hydrogen-bond acceptors (Lipinski definition) is 2. The minimum Gasteiger partial charge on any atom is -0.353 e. The molecule has 0 heterocycles. The van der Waals surface area contributed by atoms with E-state index in [0.29, 0.717) is 6.04 Å². The van der Waals surface area contributed by atoms with Gasteiger partial charge in [0.05, 0.1) is 0 Å². The van der Waals surface area contributed by atoms with Crippen LogP contribution < -0.4 is 10.6 Å². The number of aliphatic imine (C=N–C) groups is 1. The van der Waals surface area contributed by atoms with E-state index in [2.05, 4.69) is 65.6 Å². The predicted molar refractivity (Wildman–Crippen MR) is 94.0 cm³/mol. The molecule has 2 N–H and O–H groups in total. The largest absolute Gasteiger partial charge is 0.353 e. The molecule has 0 aromatic heterocycles. The molecule has 2 unspecified atom stereocenters. The highest BCUT2D eigenvalue weighted by atomic mass is 15.2. The summed E-state index contributed by atoms with van der Waals surface area (Å²) in [5.74, 6) is 1.68. The summed E-state index contributed by atoms with van der Waals surface area (Å²) < 4.78 is 0. The first-order valence-electron chi connectivity index (χ1n) is 8.44. The van der Waals surface area contributed by atoms with E-state index in [-0.39, 0.29) is 0 Å². The van der Waals surface area contributed by atoms with E-state index in [1.54, 1.807) is 0 Å². The van der Waals surface area contributed by atoms with Gasteiger partial charge in [0, 0.05) is 26.2 Å². The normalized spacial score (nSPS) is 21.0. The smallest absolute Gasteiger partial charge is 0.191 e. The SMILES string of the molecule is CCN(CC)Cc1ccccc1CNC(=NC)NC1CC1C. The van der Waals surface area contributed by atoms with E-state index < -0.39 is 0 Å². The molecular formula is C18H30N4. The Balaban J connectivity index is 1.93. The van der Waals surface area contributed by atoms with E-state index in [1.165, 1.54) is 17.5 Å². The molecule has 0 radical (unpaired) electrons. The first-order chi connectivity index (χ1) is 10.7. The number of rotatable bonds is 7. The van der Waals surface area contributed by atoms with E-state index in [1.807, 2.05) is 7.05 Å². The van der Waals surface area contributed by atoms with Crippen LogP contribution in [-0.2, 0) is 13.1 Å². The third-order valence-electron chi connectivity index (χ3n) is 4.51. The first kappa shape index (κ1) is 16.8. The van der Waals surface area contributed by atoms with Crippen LogP contribution in [0, 0.1) is 5.92 Å². The van der Waals surface area contributed by atoms with Crippen LogP contribution in [0.2, 0.25) is 0 Å². The lowest BCUT2D eigenvalue weighted by molar-refractivity contribution is 0.295. The van der Waals surface area contributed by atoms with Crippen LogP contribution in [0.25, 0.3) is 0 Å². The van der Waals surface area contributed by atoms with E-state index >= 15 is 0 Å². The van der Waals surface area contributed by atoms with Crippen molar-refractivity contribution in [1.29, 1.82) is 0 Å². The quantitative estimate of drug-likeness (QED) is 0.601. The van der Waals surface area contributed by atoms with Gasteiger partial charge in [0.15, 0.2) is 5.96 Å². The van der Waals surface area contributed by atoms with Crippen LogP contribution in [0.1, 0.15) is 38.3 Å². The zero-order chi connectivity index (χ0) is 15.9. The van der Waals surface area contributed by atoms with Crippen LogP contribution >= 0.6 is 0 Å². The summed E-state index contributed by atoms with van der Waals surface area (Å²) in [5.41, 5.74) is 2.75. The predicted octanol–water partition coefficient (Wildman–Crippen LogP) is 2.60. The summed E-state index contributed by atoms with van der Waals surface area (Å²) >= 11 is 0. The maximum absolute atomic E-state index is 4.32. The molecule has 1 aromatic carbocycles. The van der Waals surface area contributed by atoms with Gasteiger partial charge in [-0.3, -0.25) is 9.89 Å². The Hall–Kier alpha value is -1.55. The minimum absolute atomic E-state index is 0.595. The molecule has 1 fully saturated rings. The van der Waals surface area contributed by atoms with Crippen LogP contribution in [0.5, 0.6) is 0 Å². The van der Waals surface area contributed by atoms with Gasteiger partial charge in [-0.2, -0.15) is 0 Å². The van der Waals surface area contributed by atoms with Gasteiger partial charge in [-0.05, 0) is 36.6 Å². The van der Waals surface area contributed by atoms with Crippen molar-refractivity contribution in [3.8, 4) is 0 Å². The fourth-order valence-corrected chi connectivity index (χ4v) is 2.64. The van der Waals surface area contributed by atoms with Gasteiger partial charge in [0.25, 0.3) is 0 Å². The minimum atomic E-state index is 0.595. The van der Waals surface area contributed by atoms with Crippen molar-refractivity contribution in [1.82, 2.24) is 15.5 Å². The Morgan fingerprint density at radius 3 is 2.41 bits per heavy atom. The van der Waals surface area contributed by atoms with Gasteiger partial charge in [-0.1, -0.05) is 45.0 Å². The monoisotopic (exact) mass is 302 g/mol. The molecule has 0 bridgehead atoms. The second kappa shape index (κ2) is 8.18. The summed E-state index contributed by atoms with van der Waals surface area (Å²) in [7, 11) is 1.84. The highest BCUT2D eigenvalue weighted by molar-refractivity contribution is 5.80. The number of guanidine groups is 1. The summed E-state index contributed by atoms with van der Waals surface area (Å²) in [5, 5.41) is 6.92. The number of hydrogen-bond donors (Lipinski definition) is 2. The molecule has 22 heavy (non-hydrogen) atoms. The second-order valence-electron chi connectivity index (χ2n) is 6.12. The first-order valence-corrected chi connectivity index (χ1v) is 8.44. The van der Waals surface area contributed by atoms with Gasteiger partial charge in [-0.25, -0.2) is 0 Å². The van der Waals surface area contributed by atoms with Crippen LogP contribution in [0.4, 0.5) is 0 Å². The maximum atomic E-state index is 4.32. The summed E-state index contributed by atoms with van der Waals surface area (Å²) in [6.07, 6.45) is 1.25. The zero-order valence-electron chi connectivity index (χ0n) is 14.4.